The number of hydrogen-bond donors (Lipinski definition) is 3. The van der Waals surface area contributed by atoms with Crippen LogP contribution in [-0.4, -0.2) is 124 Å². The van der Waals surface area contributed by atoms with Gasteiger partial charge in [0.1, 0.15) is 35.3 Å². The summed E-state index contributed by atoms with van der Waals surface area (Å²) in [5, 5.41) is 6.45. The van der Waals surface area contributed by atoms with Crippen molar-refractivity contribution >= 4 is 57.8 Å². The first-order chi connectivity index (χ1) is 35.8. The highest BCUT2D eigenvalue weighted by Crippen LogP contribution is 2.49. The van der Waals surface area contributed by atoms with Gasteiger partial charge in [0.15, 0.2) is 0 Å². The zero-order valence-electron chi connectivity index (χ0n) is 42.7. The number of alkyl carbamates (subject to hydrolysis) is 2. The number of nitrogens with zero attached hydrogens (tertiary/aromatic N) is 6. The quantitative estimate of drug-likeness (QED) is 0.109. The van der Waals surface area contributed by atoms with E-state index in [1.807, 2.05) is 56.9 Å². The van der Waals surface area contributed by atoms with Crippen LogP contribution >= 0.6 is 11.3 Å². The molecule has 17 nitrogen and oxygen atoms in total. The molecule has 11 rings (SSSR count). The number of amides is 4. The Hall–Kier alpha value is -6.60. The normalized spacial score (nSPS) is 24.4. The van der Waals surface area contributed by atoms with Gasteiger partial charge in [-0.1, -0.05) is 26.3 Å². The molecule has 4 fully saturated rings. The number of nitrogens with one attached hydrogen (secondary N) is 3. The van der Waals surface area contributed by atoms with E-state index in [0.717, 1.165) is 52.7 Å². The molecule has 3 N–H and O–H groups in total. The molecule has 8 heterocycles. The molecule has 5 aromatic rings. The van der Waals surface area contributed by atoms with E-state index in [0.29, 0.717) is 84.6 Å². The van der Waals surface area contributed by atoms with Gasteiger partial charge in [0, 0.05) is 34.5 Å². The van der Waals surface area contributed by atoms with Crippen molar-refractivity contribution in [3.63, 3.8) is 0 Å². The molecule has 0 bridgehead atoms. The Bertz CT molecular complexity index is 3060. The van der Waals surface area contributed by atoms with Crippen molar-refractivity contribution in [3.8, 4) is 28.3 Å². The Kier molecular flexibility index (Phi) is 13.6. The summed E-state index contributed by atoms with van der Waals surface area (Å²) in [5.41, 5.74) is 4.70. The SMILES string of the molecule is COC(=O)NC(C(=O)N1CCC[C@H]1c1ncc(-c2ccc3c(c2)cc2n3C(c3ccc(C4CCC4)s3)Oc3cc(C4=NC([C@@H]5CCCN5C(=O)[C@@H](NC(=O)OC)C(C)C)=NC4)cc(F)c3-2)[nH]1)C1C[C@@H](C)O[C@@H](C)C1. The molecule has 3 saturated heterocycles. The van der Waals surface area contributed by atoms with Crippen LogP contribution < -0.4 is 15.4 Å². The summed E-state index contributed by atoms with van der Waals surface area (Å²) in [6.45, 7) is 8.99. The Morgan fingerprint density at radius 3 is 2.27 bits per heavy atom. The Morgan fingerprint density at radius 1 is 0.838 bits per heavy atom. The number of H-pyrrole nitrogens is 1. The lowest BCUT2D eigenvalue weighted by molar-refractivity contribution is -0.138. The number of fused-ring (bicyclic) bond motifs is 5. The second-order valence-electron chi connectivity index (χ2n) is 21.1. The van der Waals surface area contributed by atoms with Crippen LogP contribution in [-0.2, 0) is 23.8 Å². The third kappa shape index (κ3) is 9.23. The van der Waals surface area contributed by atoms with Crippen molar-refractivity contribution in [1.29, 1.82) is 0 Å². The number of benzene rings is 2. The second-order valence-corrected chi connectivity index (χ2v) is 22.2. The molecule has 19 heteroatoms. The van der Waals surface area contributed by atoms with Crippen molar-refractivity contribution in [3.05, 3.63) is 81.7 Å². The number of hydrogen-bond acceptors (Lipinski definition) is 12. The van der Waals surface area contributed by atoms with Gasteiger partial charge in [0.25, 0.3) is 0 Å². The minimum Gasteiger partial charge on any atom is -0.464 e. The van der Waals surface area contributed by atoms with Crippen LogP contribution in [0.3, 0.4) is 0 Å². The van der Waals surface area contributed by atoms with Gasteiger partial charge in [0.05, 0.1) is 84.3 Å². The summed E-state index contributed by atoms with van der Waals surface area (Å²) in [4.78, 5) is 77.1. The number of methoxy groups -OCH3 is 2. The molecular weight excluding hydrogens is 966 g/mol. The number of aliphatic imine (C=N–C) groups is 2. The summed E-state index contributed by atoms with van der Waals surface area (Å²) in [7, 11) is 2.58. The van der Waals surface area contributed by atoms with Gasteiger partial charge in [-0.15, -0.1) is 11.3 Å². The van der Waals surface area contributed by atoms with Crippen LogP contribution in [0.1, 0.15) is 125 Å². The molecule has 3 unspecified atom stereocenters. The predicted molar refractivity (Wildman–Crippen MR) is 278 cm³/mol. The minimum atomic E-state index is -0.775. The van der Waals surface area contributed by atoms with Gasteiger partial charge in [-0.3, -0.25) is 19.1 Å². The van der Waals surface area contributed by atoms with E-state index in [1.54, 1.807) is 22.4 Å². The lowest BCUT2D eigenvalue weighted by Gasteiger charge is -2.38. The number of aromatic amines is 1. The molecule has 3 aromatic heterocycles. The maximum Gasteiger partial charge on any atom is 0.407 e. The number of carbonyl (C=O) groups excluding carboxylic acids is 4. The molecule has 390 valence electrons. The summed E-state index contributed by atoms with van der Waals surface area (Å²) >= 11 is 1.75. The fourth-order valence-electron chi connectivity index (χ4n) is 12.0. The molecule has 1 aliphatic carbocycles. The summed E-state index contributed by atoms with van der Waals surface area (Å²) in [5.74, 6) is 0.984. The van der Waals surface area contributed by atoms with E-state index in [4.69, 9.17) is 33.9 Å². The fourth-order valence-corrected chi connectivity index (χ4v) is 13.2. The second kappa shape index (κ2) is 20.3. The van der Waals surface area contributed by atoms with Gasteiger partial charge >= 0.3 is 12.2 Å². The van der Waals surface area contributed by atoms with Crippen molar-refractivity contribution < 1.29 is 42.5 Å². The first-order valence-corrected chi connectivity index (χ1v) is 27.0. The van der Waals surface area contributed by atoms with E-state index in [1.165, 1.54) is 31.6 Å². The average Bonchev–Trinajstić information content (AvgIpc) is 4.24. The Morgan fingerprint density at radius 2 is 1.55 bits per heavy atom. The molecule has 2 aromatic carbocycles. The number of imidazole rings is 1. The highest BCUT2D eigenvalue weighted by atomic mass is 32.1. The smallest absolute Gasteiger partial charge is 0.407 e. The number of likely N-dealkylation sites (tertiary alicyclic amines) is 2. The zero-order chi connectivity index (χ0) is 51.5. The van der Waals surface area contributed by atoms with Gasteiger partial charge in [-0.05, 0) is 125 Å². The number of ether oxygens (including phenoxy) is 4. The van der Waals surface area contributed by atoms with Crippen molar-refractivity contribution in [1.82, 2.24) is 35.0 Å². The molecule has 6 aliphatic rings. The van der Waals surface area contributed by atoms with E-state index in [-0.39, 0.29) is 54.5 Å². The van der Waals surface area contributed by atoms with E-state index in [2.05, 4.69) is 38.4 Å². The lowest BCUT2D eigenvalue weighted by Crippen LogP contribution is -2.54. The lowest BCUT2D eigenvalue weighted by atomic mass is 9.84. The van der Waals surface area contributed by atoms with Crippen molar-refractivity contribution in [2.24, 2.45) is 21.8 Å². The van der Waals surface area contributed by atoms with Crippen molar-refractivity contribution in [2.75, 3.05) is 33.9 Å². The van der Waals surface area contributed by atoms with E-state index < -0.39 is 36.3 Å². The topological polar surface area (TPSA) is 194 Å². The molecular formula is C55H64FN9O8S. The Balaban J connectivity index is 0.890. The number of halogens is 1. The molecule has 1 saturated carbocycles. The maximum atomic E-state index is 17.0. The zero-order valence-corrected chi connectivity index (χ0v) is 43.5. The number of rotatable bonds is 12. The molecule has 8 atom stereocenters. The monoisotopic (exact) mass is 1030 g/mol. The van der Waals surface area contributed by atoms with Crippen LogP contribution in [0.15, 0.2) is 64.7 Å². The summed E-state index contributed by atoms with van der Waals surface area (Å²) in [6.07, 6.45) is 7.56. The average molecular weight is 1030 g/mol. The molecule has 4 amide bonds. The van der Waals surface area contributed by atoms with Crippen LogP contribution in [0.2, 0.25) is 0 Å². The first-order valence-electron chi connectivity index (χ1n) is 26.1. The number of amidine groups is 1. The molecule has 5 aliphatic heterocycles. The van der Waals surface area contributed by atoms with E-state index in [9.17, 15) is 19.2 Å². The third-order valence-electron chi connectivity index (χ3n) is 15.9. The minimum absolute atomic E-state index is 0.0496. The maximum absolute atomic E-state index is 17.0. The number of aromatic nitrogens is 3. The first kappa shape index (κ1) is 49.6. The van der Waals surface area contributed by atoms with Gasteiger partial charge in [-0.2, -0.15) is 0 Å². The largest absolute Gasteiger partial charge is 0.464 e. The van der Waals surface area contributed by atoms with Crippen LogP contribution in [0.25, 0.3) is 33.4 Å². The van der Waals surface area contributed by atoms with Gasteiger partial charge in [-0.25, -0.2) is 24.0 Å². The summed E-state index contributed by atoms with van der Waals surface area (Å²) < 4.78 is 41.9. The Labute approximate surface area is 433 Å². The number of thiophene rings is 1. The van der Waals surface area contributed by atoms with Gasteiger partial charge < -0.3 is 44.4 Å². The van der Waals surface area contributed by atoms with Crippen LogP contribution in [0, 0.1) is 17.7 Å². The van der Waals surface area contributed by atoms with E-state index >= 15 is 4.39 Å². The molecule has 0 radical (unpaired) electrons. The molecule has 74 heavy (non-hydrogen) atoms. The highest BCUT2D eigenvalue weighted by molar-refractivity contribution is 7.12. The number of carbonyl (C=O) groups is 4. The van der Waals surface area contributed by atoms with Crippen LogP contribution in [0.4, 0.5) is 14.0 Å². The van der Waals surface area contributed by atoms with Crippen LogP contribution in [0.5, 0.6) is 5.75 Å². The molecule has 0 spiro atoms. The fraction of sp³-hybridized carbons (Fsp3) is 0.509. The standard InChI is InChI=1S/C55H64FN9O8S/c1-28(2)47(61-54(68)70-5)51(66)63-18-8-12-40(63)50-58-27-38(60-50)33-23-36(56)46-42-24-34-22-32(14-15-39(34)65(42)53(73-43(46)25-33)45-17-16-44(74-45)31-10-7-11-31)37-26-57-49(59-37)41-13-9-19-64(41)52(67)48(62-55(69)71-6)35-20-29(3)72-30(4)21-35/h14-17,22-26,28-31,35,40-41,47-48,53H,7-13,18-21,27H2,1-6H3,(H,57,59)(H,61,68)(H,62,69)/t29-,30+,35?,40-,41-,47-,48?,53?/m0/s1. The van der Waals surface area contributed by atoms with Crippen molar-refractivity contribution in [2.45, 2.75) is 134 Å². The third-order valence-corrected chi connectivity index (χ3v) is 17.2. The summed E-state index contributed by atoms with van der Waals surface area (Å²) in [6, 6.07) is 13.7. The van der Waals surface area contributed by atoms with Gasteiger partial charge in [0.2, 0.25) is 18.0 Å². The predicted octanol–water partition coefficient (Wildman–Crippen LogP) is 9.27. The highest BCUT2D eigenvalue weighted by Gasteiger charge is 2.43.